The normalized spacial score (nSPS) is 19.9. The van der Waals surface area contributed by atoms with Crippen LogP contribution >= 0.6 is 0 Å². The highest BCUT2D eigenvalue weighted by molar-refractivity contribution is 5.67. The van der Waals surface area contributed by atoms with Crippen LogP contribution in [0, 0.1) is 12.3 Å². The van der Waals surface area contributed by atoms with Crippen molar-refractivity contribution in [2.45, 2.75) is 58.8 Å². The van der Waals surface area contributed by atoms with E-state index in [1.807, 2.05) is 39.8 Å². The maximum absolute atomic E-state index is 11.7. The third-order valence-corrected chi connectivity index (χ3v) is 4.73. The van der Waals surface area contributed by atoms with Crippen molar-refractivity contribution in [2.24, 2.45) is 5.41 Å². The van der Waals surface area contributed by atoms with Crippen molar-refractivity contribution in [3.63, 3.8) is 0 Å². The zero-order valence-corrected chi connectivity index (χ0v) is 15.9. The maximum atomic E-state index is 11.7. The number of amides is 1. The first-order valence-corrected chi connectivity index (χ1v) is 8.93. The van der Waals surface area contributed by atoms with Crippen LogP contribution in [0.15, 0.2) is 12.1 Å². The van der Waals surface area contributed by atoms with Crippen LogP contribution in [0.1, 0.15) is 45.0 Å². The largest absolute Gasteiger partial charge is 0.488 e. The van der Waals surface area contributed by atoms with Crippen molar-refractivity contribution in [3.8, 4) is 5.75 Å². The van der Waals surface area contributed by atoms with Crippen LogP contribution in [0.2, 0.25) is 0 Å². The molecule has 6 nitrogen and oxygen atoms in total. The molecule has 6 heteroatoms. The SMILES string of the molecule is Cc1nc(CNC(=O)OC(C)(C)C)ccc1OC1CC2(C1)CN(C)C2. The molecule has 0 aromatic carbocycles. The molecule has 1 amide bonds. The van der Waals surface area contributed by atoms with Crippen LogP contribution in [0.25, 0.3) is 0 Å². The van der Waals surface area contributed by atoms with Crippen molar-refractivity contribution < 1.29 is 14.3 Å². The summed E-state index contributed by atoms with van der Waals surface area (Å²) in [5, 5.41) is 2.73. The summed E-state index contributed by atoms with van der Waals surface area (Å²) in [5.41, 5.74) is 1.66. The number of likely N-dealkylation sites (tertiary alicyclic amines) is 1. The van der Waals surface area contributed by atoms with Gasteiger partial charge < -0.3 is 19.7 Å². The predicted octanol–water partition coefficient (Wildman–Crippen LogP) is 2.89. The van der Waals surface area contributed by atoms with Gasteiger partial charge in [0.15, 0.2) is 0 Å². The lowest BCUT2D eigenvalue weighted by atomic mass is 9.62. The average molecular weight is 347 g/mol. The Labute approximate surface area is 149 Å². The molecule has 0 atom stereocenters. The number of ether oxygens (including phenoxy) is 2. The highest BCUT2D eigenvalue weighted by atomic mass is 16.6. The van der Waals surface area contributed by atoms with Gasteiger partial charge in [0.05, 0.1) is 17.9 Å². The van der Waals surface area contributed by atoms with Crippen LogP contribution in [-0.4, -0.2) is 47.8 Å². The second-order valence-electron chi connectivity index (χ2n) is 8.56. The van der Waals surface area contributed by atoms with Crippen LogP contribution in [-0.2, 0) is 11.3 Å². The van der Waals surface area contributed by atoms with E-state index < -0.39 is 11.7 Å². The molecular weight excluding hydrogens is 318 g/mol. The van der Waals surface area contributed by atoms with Gasteiger partial charge in [-0.2, -0.15) is 0 Å². The Kier molecular flexibility index (Phi) is 4.66. The summed E-state index contributed by atoms with van der Waals surface area (Å²) in [4.78, 5) is 18.6. The topological polar surface area (TPSA) is 63.7 Å². The minimum Gasteiger partial charge on any atom is -0.488 e. The summed E-state index contributed by atoms with van der Waals surface area (Å²) in [6.45, 7) is 10.2. The van der Waals surface area contributed by atoms with Crippen molar-refractivity contribution >= 4 is 6.09 Å². The van der Waals surface area contributed by atoms with E-state index in [1.54, 1.807) is 0 Å². The number of carbonyl (C=O) groups is 1. The standard InChI is InChI=1S/C19H29N3O3/c1-13-16(24-15-8-19(9-15)11-22(5)12-19)7-6-14(21-13)10-20-17(23)25-18(2,3)4/h6-7,15H,8-12H2,1-5H3,(H,20,23). The van der Waals surface area contributed by atoms with Gasteiger partial charge in [0.25, 0.3) is 0 Å². The number of pyridine rings is 1. The van der Waals surface area contributed by atoms with Gasteiger partial charge in [0.1, 0.15) is 17.5 Å². The first-order chi connectivity index (χ1) is 11.6. The number of carbonyl (C=O) groups excluding carboxylic acids is 1. The molecule has 1 spiro atoms. The molecule has 1 aromatic heterocycles. The lowest BCUT2D eigenvalue weighted by Gasteiger charge is -2.57. The lowest BCUT2D eigenvalue weighted by Crippen LogP contribution is -2.63. The molecule has 1 saturated carbocycles. The summed E-state index contributed by atoms with van der Waals surface area (Å²) in [7, 11) is 2.16. The second kappa shape index (κ2) is 6.48. The van der Waals surface area contributed by atoms with Gasteiger partial charge in [-0.05, 0) is 59.7 Å². The third-order valence-electron chi connectivity index (χ3n) is 4.73. The Balaban J connectivity index is 1.47. The molecule has 0 bridgehead atoms. The van der Waals surface area contributed by atoms with E-state index in [0.717, 1.165) is 30.0 Å². The summed E-state index contributed by atoms with van der Waals surface area (Å²) in [6, 6.07) is 3.84. The van der Waals surface area contributed by atoms with Gasteiger partial charge in [0, 0.05) is 18.5 Å². The summed E-state index contributed by atoms with van der Waals surface area (Å²) >= 11 is 0. The van der Waals surface area contributed by atoms with Gasteiger partial charge in [-0.3, -0.25) is 4.98 Å². The van der Waals surface area contributed by atoms with Crippen LogP contribution in [0.3, 0.4) is 0 Å². The first-order valence-electron chi connectivity index (χ1n) is 8.93. The molecule has 1 aliphatic carbocycles. The minimum absolute atomic E-state index is 0.305. The molecule has 1 N–H and O–H groups in total. The predicted molar refractivity (Wildman–Crippen MR) is 95.6 cm³/mol. The van der Waals surface area contributed by atoms with E-state index in [-0.39, 0.29) is 0 Å². The van der Waals surface area contributed by atoms with Gasteiger partial charge in [-0.1, -0.05) is 0 Å². The van der Waals surface area contributed by atoms with E-state index in [2.05, 4.69) is 22.2 Å². The molecule has 138 valence electrons. The molecule has 1 aliphatic heterocycles. The zero-order chi connectivity index (χ0) is 18.2. The Morgan fingerprint density at radius 3 is 2.60 bits per heavy atom. The second-order valence-corrected chi connectivity index (χ2v) is 8.56. The molecule has 2 fully saturated rings. The van der Waals surface area contributed by atoms with Crippen LogP contribution in [0.4, 0.5) is 4.79 Å². The van der Waals surface area contributed by atoms with Gasteiger partial charge in [-0.15, -0.1) is 0 Å². The van der Waals surface area contributed by atoms with E-state index in [9.17, 15) is 4.79 Å². The third kappa shape index (κ3) is 4.42. The van der Waals surface area contributed by atoms with Crippen LogP contribution in [0.5, 0.6) is 5.75 Å². The van der Waals surface area contributed by atoms with Crippen molar-refractivity contribution in [1.82, 2.24) is 15.2 Å². The number of nitrogens with zero attached hydrogens (tertiary/aromatic N) is 2. The van der Waals surface area contributed by atoms with Gasteiger partial charge in [-0.25, -0.2) is 4.79 Å². The number of hydrogen-bond donors (Lipinski definition) is 1. The fourth-order valence-corrected chi connectivity index (χ4v) is 3.83. The van der Waals surface area contributed by atoms with E-state index in [1.165, 1.54) is 13.1 Å². The molecule has 0 radical (unpaired) electrons. The number of nitrogens with one attached hydrogen (secondary N) is 1. The Hall–Kier alpha value is -1.82. The molecule has 0 unspecified atom stereocenters. The smallest absolute Gasteiger partial charge is 0.407 e. The Morgan fingerprint density at radius 2 is 2.04 bits per heavy atom. The summed E-state index contributed by atoms with van der Waals surface area (Å²) < 4.78 is 11.3. The van der Waals surface area contributed by atoms with Gasteiger partial charge in [0.2, 0.25) is 0 Å². The maximum Gasteiger partial charge on any atom is 0.407 e. The zero-order valence-electron chi connectivity index (χ0n) is 15.9. The van der Waals surface area contributed by atoms with Gasteiger partial charge >= 0.3 is 6.09 Å². The number of aromatic nitrogens is 1. The number of hydrogen-bond acceptors (Lipinski definition) is 5. The molecule has 2 aliphatic rings. The summed E-state index contributed by atoms with van der Waals surface area (Å²) in [5.74, 6) is 0.841. The molecular formula is C19H29N3O3. The molecule has 1 saturated heterocycles. The minimum atomic E-state index is -0.499. The first kappa shape index (κ1) is 18.0. The summed E-state index contributed by atoms with van der Waals surface area (Å²) in [6.07, 6.45) is 2.15. The Bertz CT molecular complexity index is 640. The van der Waals surface area contributed by atoms with E-state index in [0.29, 0.717) is 18.1 Å². The monoisotopic (exact) mass is 347 g/mol. The fraction of sp³-hybridized carbons (Fsp3) is 0.684. The molecule has 2 heterocycles. The van der Waals surface area contributed by atoms with Crippen LogP contribution < -0.4 is 10.1 Å². The molecule has 1 aromatic rings. The Morgan fingerprint density at radius 1 is 1.36 bits per heavy atom. The molecule has 3 rings (SSSR count). The highest BCUT2D eigenvalue weighted by Crippen LogP contribution is 2.49. The molecule has 25 heavy (non-hydrogen) atoms. The highest BCUT2D eigenvalue weighted by Gasteiger charge is 2.52. The van der Waals surface area contributed by atoms with E-state index in [4.69, 9.17) is 9.47 Å². The van der Waals surface area contributed by atoms with Crippen molar-refractivity contribution in [1.29, 1.82) is 0 Å². The van der Waals surface area contributed by atoms with E-state index >= 15 is 0 Å². The van der Waals surface area contributed by atoms with Crippen molar-refractivity contribution in [3.05, 3.63) is 23.5 Å². The fourth-order valence-electron chi connectivity index (χ4n) is 3.83. The average Bonchev–Trinajstić information content (AvgIpc) is 2.41. The van der Waals surface area contributed by atoms with Crippen molar-refractivity contribution in [2.75, 3.05) is 20.1 Å². The number of alkyl carbamates (subject to hydrolysis) is 1. The number of aryl methyl sites for hydroxylation is 1. The lowest BCUT2D eigenvalue weighted by molar-refractivity contribution is -0.109. The number of rotatable bonds is 4. The quantitative estimate of drug-likeness (QED) is 0.907.